The fourth-order valence-electron chi connectivity index (χ4n) is 0.528. The van der Waals surface area contributed by atoms with Gasteiger partial charge in [-0.2, -0.15) is 5.10 Å². The molecule has 0 radical (unpaired) electrons. The highest BCUT2D eigenvalue weighted by Gasteiger charge is 2.04. The second-order valence-electron chi connectivity index (χ2n) is 1.98. The highest BCUT2D eigenvalue weighted by molar-refractivity contribution is 5.85. The zero-order valence-corrected chi connectivity index (χ0v) is 8.87. The Morgan fingerprint density at radius 1 is 1.57 bits per heavy atom. The summed E-state index contributed by atoms with van der Waals surface area (Å²) in [6.07, 6.45) is 0.750. The van der Waals surface area contributed by atoms with Gasteiger partial charge in [-0.05, 0) is 19.9 Å². The van der Waals surface area contributed by atoms with E-state index in [4.69, 9.17) is 9.90 Å². The van der Waals surface area contributed by atoms with E-state index < -0.39 is 5.97 Å². The molecule has 1 heterocycles. The quantitative estimate of drug-likeness (QED) is 0.675. The molecule has 0 spiro atoms. The summed E-state index contributed by atoms with van der Waals surface area (Å²) in [5.74, 6) is -1.00. The second kappa shape index (κ2) is 9.44. The van der Waals surface area contributed by atoms with E-state index >= 15 is 0 Å². The van der Waals surface area contributed by atoms with Crippen molar-refractivity contribution < 1.29 is 14.7 Å². The average molecular weight is 200 g/mol. The van der Waals surface area contributed by atoms with Gasteiger partial charge in [0.2, 0.25) is 0 Å². The van der Waals surface area contributed by atoms with Crippen LogP contribution >= 0.6 is 0 Å². The predicted octanol–water partition coefficient (Wildman–Crippen LogP) is 1.65. The maximum Gasteiger partial charge on any atom is 0.356 e. The van der Waals surface area contributed by atoms with Crippen LogP contribution in [0.2, 0.25) is 0 Å². The summed E-state index contributed by atoms with van der Waals surface area (Å²) < 4.78 is 0. The lowest BCUT2D eigenvalue weighted by Crippen LogP contribution is -1.95. The van der Waals surface area contributed by atoms with E-state index in [9.17, 15) is 4.79 Å². The van der Waals surface area contributed by atoms with Gasteiger partial charge in [-0.3, -0.25) is 5.10 Å². The molecular weight excluding hydrogens is 184 g/mol. The third kappa shape index (κ3) is 7.02. The zero-order chi connectivity index (χ0) is 11.6. The number of aromatic carboxylic acids is 1. The molecule has 0 saturated carbocycles. The van der Waals surface area contributed by atoms with Crippen molar-refractivity contribution in [2.24, 2.45) is 0 Å². The molecule has 1 aromatic heterocycles. The van der Waals surface area contributed by atoms with E-state index in [1.165, 1.54) is 13.0 Å². The Labute approximate surface area is 83.1 Å². The number of aromatic amines is 1. The van der Waals surface area contributed by atoms with Crippen molar-refractivity contribution in [2.75, 3.05) is 0 Å². The predicted molar refractivity (Wildman–Crippen MR) is 53.4 cm³/mol. The van der Waals surface area contributed by atoms with Crippen molar-refractivity contribution >= 4 is 12.3 Å². The van der Waals surface area contributed by atoms with Gasteiger partial charge in [0, 0.05) is 5.69 Å². The summed E-state index contributed by atoms with van der Waals surface area (Å²) in [5.41, 5.74) is 0.819. The maximum atomic E-state index is 10.1. The van der Waals surface area contributed by atoms with Gasteiger partial charge < -0.3 is 9.90 Å². The maximum absolute atomic E-state index is 10.1. The number of carboxylic acid groups (broad SMARTS) is 1. The Balaban J connectivity index is 0. The Morgan fingerprint density at radius 3 is 2.14 bits per heavy atom. The van der Waals surface area contributed by atoms with Crippen molar-refractivity contribution in [1.29, 1.82) is 0 Å². The molecule has 14 heavy (non-hydrogen) atoms. The standard InChI is InChI=1S/C5H6N2O2.C2H4O.C2H6/c1-3-2-4(5(8)9)7-6-3;1-2-3;1-2/h2H,1H3,(H,6,7)(H,8,9);2H,1H3;1-2H3. The molecule has 0 aliphatic rings. The van der Waals surface area contributed by atoms with Gasteiger partial charge in [-0.25, -0.2) is 4.79 Å². The third-order valence-electron chi connectivity index (χ3n) is 0.925. The monoisotopic (exact) mass is 200 g/mol. The van der Waals surface area contributed by atoms with Crippen LogP contribution in [-0.2, 0) is 4.79 Å². The lowest BCUT2D eigenvalue weighted by molar-refractivity contribution is -0.106. The summed E-state index contributed by atoms with van der Waals surface area (Å²) >= 11 is 0. The number of carbonyl (C=O) groups excluding carboxylic acids is 1. The molecule has 0 saturated heterocycles. The molecule has 0 aliphatic carbocycles. The fraction of sp³-hybridized carbons (Fsp3) is 0.444. The van der Waals surface area contributed by atoms with Gasteiger partial charge in [0.1, 0.15) is 6.29 Å². The molecule has 5 heteroatoms. The molecule has 0 unspecified atom stereocenters. The van der Waals surface area contributed by atoms with Crippen molar-refractivity contribution in [1.82, 2.24) is 10.2 Å². The number of aldehydes is 1. The summed E-state index contributed by atoms with van der Waals surface area (Å²) in [6.45, 7) is 7.19. The van der Waals surface area contributed by atoms with Gasteiger partial charge in [-0.1, -0.05) is 13.8 Å². The number of hydrogen-bond acceptors (Lipinski definition) is 3. The van der Waals surface area contributed by atoms with Crippen LogP contribution in [0, 0.1) is 6.92 Å². The minimum atomic E-state index is -1.00. The lowest BCUT2D eigenvalue weighted by atomic mass is 10.4. The highest BCUT2D eigenvalue weighted by Crippen LogP contribution is 1.95. The summed E-state index contributed by atoms with van der Waals surface area (Å²) in [5, 5.41) is 14.3. The summed E-state index contributed by atoms with van der Waals surface area (Å²) in [4.78, 5) is 18.9. The minimum Gasteiger partial charge on any atom is -0.476 e. The molecule has 1 aromatic rings. The van der Waals surface area contributed by atoms with Crippen LogP contribution in [0.5, 0.6) is 0 Å². The first-order valence-corrected chi connectivity index (χ1v) is 4.27. The number of nitrogens with zero attached hydrogens (tertiary/aromatic N) is 1. The Bertz CT molecular complexity index is 269. The van der Waals surface area contributed by atoms with E-state index in [1.54, 1.807) is 6.92 Å². The minimum absolute atomic E-state index is 0.0625. The van der Waals surface area contributed by atoms with Gasteiger partial charge >= 0.3 is 5.97 Å². The molecule has 1 rings (SSSR count). The molecule has 0 aromatic carbocycles. The first kappa shape index (κ1) is 14.9. The average Bonchev–Trinajstić information content (AvgIpc) is 2.57. The van der Waals surface area contributed by atoms with E-state index in [1.807, 2.05) is 13.8 Å². The number of hydrogen-bond donors (Lipinski definition) is 2. The topological polar surface area (TPSA) is 83.1 Å². The SMILES string of the molecule is CC.CC=O.Cc1cc(C(=O)O)n[nH]1. The Morgan fingerprint density at radius 2 is 2.00 bits per heavy atom. The van der Waals surface area contributed by atoms with E-state index in [2.05, 4.69) is 10.2 Å². The van der Waals surface area contributed by atoms with Crippen LogP contribution in [0.25, 0.3) is 0 Å². The van der Waals surface area contributed by atoms with Crippen LogP contribution < -0.4 is 0 Å². The van der Waals surface area contributed by atoms with E-state index in [-0.39, 0.29) is 5.69 Å². The molecule has 0 atom stereocenters. The normalized spacial score (nSPS) is 7.43. The van der Waals surface area contributed by atoms with Crippen molar-refractivity contribution in [2.45, 2.75) is 27.7 Å². The number of nitrogens with one attached hydrogen (secondary N) is 1. The van der Waals surface area contributed by atoms with Crippen molar-refractivity contribution in [3.63, 3.8) is 0 Å². The van der Waals surface area contributed by atoms with Crippen molar-refractivity contribution in [3.05, 3.63) is 17.5 Å². The summed E-state index contributed by atoms with van der Waals surface area (Å²) in [6, 6.07) is 1.47. The molecule has 5 nitrogen and oxygen atoms in total. The number of carbonyl (C=O) groups is 2. The number of H-pyrrole nitrogens is 1. The molecule has 0 bridgehead atoms. The van der Waals surface area contributed by atoms with Crippen LogP contribution in [-0.4, -0.2) is 27.6 Å². The van der Waals surface area contributed by atoms with Crippen LogP contribution in [0.3, 0.4) is 0 Å². The molecule has 80 valence electrons. The number of aromatic nitrogens is 2. The largest absolute Gasteiger partial charge is 0.476 e. The number of aryl methyl sites for hydroxylation is 1. The number of carboxylic acids is 1. The van der Waals surface area contributed by atoms with Crippen molar-refractivity contribution in [3.8, 4) is 0 Å². The fourth-order valence-corrected chi connectivity index (χ4v) is 0.528. The first-order chi connectivity index (χ1) is 6.61. The Kier molecular flexibility index (Phi) is 10.0. The smallest absolute Gasteiger partial charge is 0.356 e. The van der Waals surface area contributed by atoms with Gasteiger partial charge in [0.25, 0.3) is 0 Å². The zero-order valence-electron chi connectivity index (χ0n) is 8.87. The van der Waals surface area contributed by atoms with Gasteiger partial charge in [0.05, 0.1) is 0 Å². The van der Waals surface area contributed by atoms with Gasteiger partial charge in [0.15, 0.2) is 5.69 Å². The second-order valence-corrected chi connectivity index (χ2v) is 1.98. The van der Waals surface area contributed by atoms with Crippen LogP contribution in [0.1, 0.15) is 37.0 Å². The molecule has 0 fully saturated rings. The highest BCUT2D eigenvalue weighted by atomic mass is 16.4. The number of rotatable bonds is 1. The molecule has 0 amide bonds. The first-order valence-electron chi connectivity index (χ1n) is 4.27. The van der Waals surface area contributed by atoms with E-state index in [0.29, 0.717) is 0 Å². The summed E-state index contributed by atoms with van der Waals surface area (Å²) in [7, 11) is 0. The van der Waals surface area contributed by atoms with Crippen LogP contribution in [0.15, 0.2) is 6.07 Å². The van der Waals surface area contributed by atoms with E-state index in [0.717, 1.165) is 12.0 Å². The lowest BCUT2D eigenvalue weighted by Gasteiger charge is -1.77. The molecular formula is C9H16N2O3. The molecule has 2 N–H and O–H groups in total. The Hall–Kier alpha value is -1.65. The third-order valence-corrected chi connectivity index (χ3v) is 0.925. The van der Waals surface area contributed by atoms with Gasteiger partial charge in [-0.15, -0.1) is 0 Å². The molecule has 0 aliphatic heterocycles. The van der Waals surface area contributed by atoms with Crippen LogP contribution in [0.4, 0.5) is 0 Å².